The number of allylic oxidation sites excluding steroid dienone is 26. The van der Waals surface area contributed by atoms with Gasteiger partial charge in [0.25, 0.3) is 0 Å². The Labute approximate surface area is 492 Å². The maximum absolute atomic E-state index is 12.9. The van der Waals surface area contributed by atoms with Gasteiger partial charge >= 0.3 is 17.9 Å². The second-order valence-corrected chi connectivity index (χ2v) is 20.9. The summed E-state index contributed by atoms with van der Waals surface area (Å²) in [5.41, 5.74) is 0. The first-order valence-corrected chi connectivity index (χ1v) is 32.5. The molecule has 0 aliphatic carbocycles. The molecule has 6 heteroatoms. The summed E-state index contributed by atoms with van der Waals surface area (Å²) in [7, 11) is 0. The Bertz CT molecular complexity index is 1790. The molecule has 0 aromatic heterocycles. The van der Waals surface area contributed by atoms with Crippen LogP contribution in [0, 0.1) is 0 Å². The topological polar surface area (TPSA) is 78.9 Å². The standard InChI is InChI=1S/C74H118O6/c1-4-7-10-13-16-19-21-23-25-27-29-31-32-33-34-35-36-37-38-39-40-41-42-44-45-47-49-51-53-55-58-61-64-67-73(76)79-70-71(69-78-72(75)66-63-60-57-18-15-12-9-6-3)80-74(77)68-65-62-59-56-54-52-50-48-46-43-30-28-26-24-22-20-17-14-11-8-5-2/h7-8,10-11,16-17,19-20,23-26,29-31,33-34,36-37,39-40,42-44,47,49,71H,4-6,9,12-15,18,21-22,27-28,32,35,38,41,45-46,48,50-70H2,1-3H3/b10-7-,11-8-,19-16-,20-17-,25-23-,26-24-,31-29-,34-33-,37-36-,40-39-,43-30-,44-42-,49-47-. The van der Waals surface area contributed by atoms with Crippen LogP contribution in [0.4, 0.5) is 0 Å². The highest BCUT2D eigenvalue weighted by Gasteiger charge is 2.19. The Morgan fingerprint density at radius 2 is 0.487 bits per heavy atom. The van der Waals surface area contributed by atoms with E-state index < -0.39 is 6.10 Å². The van der Waals surface area contributed by atoms with E-state index in [0.717, 1.165) is 167 Å². The van der Waals surface area contributed by atoms with Gasteiger partial charge in [-0.1, -0.05) is 281 Å². The van der Waals surface area contributed by atoms with E-state index >= 15 is 0 Å². The molecule has 0 aliphatic rings. The number of hydrogen-bond donors (Lipinski definition) is 0. The van der Waals surface area contributed by atoms with Crippen molar-refractivity contribution in [2.24, 2.45) is 0 Å². The molecule has 0 aliphatic heterocycles. The molecule has 0 aromatic rings. The first kappa shape index (κ1) is 75.0. The van der Waals surface area contributed by atoms with Crippen molar-refractivity contribution in [3.63, 3.8) is 0 Å². The van der Waals surface area contributed by atoms with Crippen LogP contribution in [0.2, 0.25) is 0 Å². The Morgan fingerprint density at radius 3 is 0.762 bits per heavy atom. The maximum Gasteiger partial charge on any atom is 0.306 e. The molecule has 0 saturated carbocycles. The van der Waals surface area contributed by atoms with E-state index in [1.54, 1.807) is 0 Å². The molecule has 0 saturated heterocycles. The van der Waals surface area contributed by atoms with Crippen molar-refractivity contribution in [2.45, 2.75) is 277 Å². The zero-order valence-electron chi connectivity index (χ0n) is 51.5. The molecule has 0 amide bonds. The molecule has 0 N–H and O–H groups in total. The highest BCUT2D eigenvalue weighted by Crippen LogP contribution is 2.15. The fourth-order valence-corrected chi connectivity index (χ4v) is 8.48. The molecule has 1 atom stereocenters. The number of carbonyl (C=O) groups is 3. The van der Waals surface area contributed by atoms with Crippen molar-refractivity contribution in [1.29, 1.82) is 0 Å². The van der Waals surface area contributed by atoms with E-state index in [4.69, 9.17) is 14.2 Å². The molecular weight excluding hydrogens is 985 g/mol. The summed E-state index contributed by atoms with van der Waals surface area (Å²) >= 11 is 0. The van der Waals surface area contributed by atoms with E-state index in [0.29, 0.717) is 19.3 Å². The van der Waals surface area contributed by atoms with Gasteiger partial charge in [0.1, 0.15) is 13.2 Å². The van der Waals surface area contributed by atoms with E-state index in [2.05, 4.69) is 179 Å². The molecule has 6 nitrogen and oxygen atoms in total. The molecule has 0 bridgehead atoms. The molecule has 0 heterocycles. The highest BCUT2D eigenvalue weighted by molar-refractivity contribution is 5.71. The van der Waals surface area contributed by atoms with Crippen molar-refractivity contribution in [3.8, 4) is 0 Å². The summed E-state index contributed by atoms with van der Waals surface area (Å²) in [4.78, 5) is 38.2. The van der Waals surface area contributed by atoms with E-state index in [1.165, 1.54) is 64.2 Å². The van der Waals surface area contributed by atoms with Gasteiger partial charge in [0.2, 0.25) is 0 Å². The number of hydrogen-bond acceptors (Lipinski definition) is 6. The van der Waals surface area contributed by atoms with Crippen LogP contribution in [-0.2, 0) is 28.6 Å². The van der Waals surface area contributed by atoms with Crippen LogP contribution in [-0.4, -0.2) is 37.2 Å². The Balaban J connectivity index is 4.26. The quantitative estimate of drug-likeness (QED) is 0.0261. The average molecular weight is 1100 g/mol. The van der Waals surface area contributed by atoms with Gasteiger partial charge in [-0.25, -0.2) is 0 Å². The molecule has 0 radical (unpaired) electrons. The largest absolute Gasteiger partial charge is 0.462 e. The minimum absolute atomic E-state index is 0.0917. The van der Waals surface area contributed by atoms with Gasteiger partial charge in [0, 0.05) is 19.3 Å². The summed E-state index contributed by atoms with van der Waals surface area (Å²) in [5.74, 6) is -0.927. The molecule has 0 fully saturated rings. The molecule has 0 spiro atoms. The molecule has 1 unspecified atom stereocenters. The van der Waals surface area contributed by atoms with Crippen LogP contribution in [0.5, 0.6) is 0 Å². The third-order valence-electron chi connectivity index (χ3n) is 13.3. The minimum Gasteiger partial charge on any atom is -0.462 e. The first-order chi connectivity index (χ1) is 39.5. The monoisotopic (exact) mass is 1100 g/mol. The Morgan fingerprint density at radius 1 is 0.263 bits per heavy atom. The summed E-state index contributed by atoms with van der Waals surface area (Å²) in [6.07, 6.45) is 96.9. The lowest BCUT2D eigenvalue weighted by Gasteiger charge is -2.18. The third-order valence-corrected chi connectivity index (χ3v) is 13.3. The van der Waals surface area contributed by atoms with Crippen molar-refractivity contribution in [1.82, 2.24) is 0 Å². The van der Waals surface area contributed by atoms with Gasteiger partial charge in [0.05, 0.1) is 0 Å². The van der Waals surface area contributed by atoms with Crippen LogP contribution >= 0.6 is 0 Å². The Hall–Kier alpha value is -4.97. The van der Waals surface area contributed by atoms with Gasteiger partial charge < -0.3 is 14.2 Å². The van der Waals surface area contributed by atoms with Crippen LogP contribution in [0.15, 0.2) is 158 Å². The fraction of sp³-hybridized carbons (Fsp3) is 0.608. The lowest BCUT2D eigenvalue weighted by atomic mass is 10.1. The molecule has 80 heavy (non-hydrogen) atoms. The van der Waals surface area contributed by atoms with Crippen LogP contribution < -0.4 is 0 Å². The highest BCUT2D eigenvalue weighted by atomic mass is 16.6. The molecule has 0 rings (SSSR count). The summed E-state index contributed by atoms with van der Waals surface area (Å²) in [5, 5.41) is 0. The lowest BCUT2D eigenvalue weighted by molar-refractivity contribution is -0.167. The number of esters is 3. The average Bonchev–Trinajstić information content (AvgIpc) is 3.46. The SMILES string of the molecule is CC/C=C\C/C=C\C/C=C\C/C=C\C/C=C\C/C=C\C/C=C\C/C=C\C/C=C\CCCCCCCC(=O)OCC(COC(=O)CCCCCCCCCC)OC(=O)CCCCCCCCCC/C=C\C/C=C\C/C=C\C/C=C\CC. The smallest absolute Gasteiger partial charge is 0.306 e. The van der Waals surface area contributed by atoms with Gasteiger partial charge in [-0.15, -0.1) is 0 Å². The predicted octanol–water partition coefficient (Wildman–Crippen LogP) is 22.5. The Kier molecular flexibility index (Phi) is 62.4. The number of rotatable bonds is 57. The maximum atomic E-state index is 12.9. The summed E-state index contributed by atoms with van der Waals surface area (Å²) in [6.45, 7) is 6.36. The van der Waals surface area contributed by atoms with E-state index in [9.17, 15) is 14.4 Å². The van der Waals surface area contributed by atoms with Crippen LogP contribution in [0.3, 0.4) is 0 Å². The van der Waals surface area contributed by atoms with Gasteiger partial charge in [-0.05, 0) is 128 Å². The van der Waals surface area contributed by atoms with Crippen molar-refractivity contribution in [3.05, 3.63) is 158 Å². The first-order valence-electron chi connectivity index (χ1n) is 32.5. The van der Waals surface area contributed by atoms with Gasteiger partial charge in [0.15, 0.2) is 6.10 Å². The minimum atomic E-state index is -0.796. The normalized spacial score (nSPS) is 13.2. The van der Waals surface area contributed by atoms with Crippen molar-refractivity contribution in [2.75, 3.05) is 13.2 Å². The fourth-order valence-electron chi connectivity index (χ4n) is 8.48. The van der Waals surface area contributed by atoms with Crippen molar-refractivity contribution >= 4 is 17.9 Å². The molecular formula is C74H118O6. The number of ether oxygens (including phenoxy) is 3. The predicted molar refractivity (Wildman–Crippen MR) is 348 cm³/mol. The van der Waals surface area contributed by atoms with Gasteiger partial charge in [-0.2, -0.15) is 0 Å². The second kappa shape index (κ2) is 66.5. The van der Waals surface area contributed by atoms with Crippen LogP contribution in [0.25, 0.3) is 0 Å². The third kappa shape index (κ3) is 63.9. The lowest BCUT2D eigenvalue weighted by Crippen LogP contribution is -2.30. The van der Waals surface area contributed by atoms with Gasteiger partial charge in [-0.3, -0.25) is 14.4 Å². The van der Waals surface area contributed by atoms with Crippen molar-refractivity contribution < 1.29 is 28.6 Å². The second-order valence-electron chi connectivity index (χ2n) is 20.9. The van der Waals surface area contributed by atoms with E-state index in [1.807, 2.05) is 0 Å². The zero-order valence-corrected chi connectivity index (χ0v) is 51.5. The van der Waals surface area contributed by atoms with Crippen LogP contribution in [0.1, 0.15) is 271 Å². The number of unbranched alkanes of at least 4 members (excludes halogenated alkanes) is 20. The summed E-state index contributed by atoms with van der Waals surface area (Å²) in [6, 6.07) is 0. The van der Waals surface area contributed by atoms with E-state index in [-0.39, 0.29) is 31.1 Å². The molecule has 450 valence electrons. The summed E-state index contributed by atoms with van der Waals surface area (Å²) < 4.78 is 16.8. The number of carbonyl (C=O) groups excluding carboxylic acids is 3. The molecule has 0 aromatic carbocycles. The zero-order chi connectivity index (χ0) is 57.8.